The van der Waals surface area contributed by atoms with Gasteiger partial charge in [0.1, 0.15) is 30.5 Å². The Hall–Kier alpha value is -1.69. The Morgan fingerprint density at radius 2 is 2.05 bits per heavy atom. The quantitative estimate of drug-likeness (QED) is 0.497. The summed E-state index contributed by atoms with van der Waals surface area (Å²) in [6, 6.07) is 3.64. The average Bonchev–Trinajstić information content (AvgIpc) is 2.52. The molecule has 1 aliphatic heterocycles. The van der Waals surface area contributed by atoms with Crippen LogP contribution in [0.1, 0.15) is 5.56 Å². The molecule has 0 amide bonds. The van der Waals surface area contributed by atoms with Crippen molar-refractivity contribution in [3.63, 3.8) is 0 Å². The molecular weight excluding hydrogens is 278 g/mol. The van der Waals surface area contributed by atoms with E-state index in [1.54, 1.807) is 18.5 Å². The number of hydrogen-bond acceptors (Lipinski definition) is 7. The summed E-state index contributed by atoms with van der Waals surface area (Å²) in [5, 5.41) is 37.9. The second kappa shape index (κ2) is 7.36. The van der Waals surface area contributed by atoms with E-state index in [-0.39, 0.29) is 0 Å². The summed E-state index contributed by atoms with van der Waals surface area (Å²) >= 11 is 0. The molecule has 4 N–H and O–H groups in total. The second-order valence-corrected chi connectivity index (χ2v) is 4.63. The number of aromatic nitrogens is 1. The Morgan fingerprint density at radius 3 is 2.71 bits per heavy atom. The number of ether oxygens (including phenoxy) is 2. The third-order valence-corrected chi connectivity index (χ3v) is 3.11. The molecule has 7 nitrogen and oxygen atoms in total. The van der Waals surface area contributed by atoms with Gasteiger partial charge in [-0.25, -0.2) is 0 Å². The summed E-state index contributed by atoms with van der Waals surface area (Å²) in [6.07, 6.45) is -0.461. The predicted molar refractivity (Wildman–Crippen MR) is 70.6 cm³/mol. The molecule has 0 unspecified atom stereocenters. The van der Waals surface area contributed by atoms with Crippen LogP contribution in [0, 0.1) is 12.0 Å². The molecule has 1 aliphatic rings. The van der Waals surface area contributed by atoms with E-state index >= 15 is 0 Å². The molecule has 21 heavy (non-hydrogen) atoms. The minimum absolute atomic E-state index is 0.408. The van der Waals surface area contributed by atoms with E-state index in [1.807, 2.05) is 6.07 Å². The van der Waals surface area contributed by atoms with E-state index in [0.29, 0.717) is 6.42 Å². The Morgan fingerprint density at radius 1 is 1.24 bits per heavy atom. The van der Waals surface area contributed by atoms with Crippen molar-refractivity contribution in [1.82, 2.24) is 4.98 Å². The summed E-state index contributed by atoms with van der Waals surface area (Å²) in [6.45, 7) is -0.506. The topological polar surface area (TPSA) is 112 Å². The van der Waals surface area contributed by atoms with Gasteiger partial charge < -0.3 is 29.9 Å². The largest absolute Gasteiger partial charge is 0.411 e. The van der Waals surface area contributed by atoms with Gasteiger partial charge in [0.2, 0.25) is 6.29 Å². The monoisotopic (exact) mass is 295 g/mol. The lowest BCUT2D eigenvalue weighted by Crippen LogP contribution is -2.58. The highest BCUT2D eigenvalue weighted by molar-refractivity contribution is 5.15. The fourth-order valence-electron chi connectivity index (χ4n) is 1.91. The molecule has 5 atom stereocenters. The van der Waals surface area contributed by atoms with E-state index < -0.39 is 37.3 Å². The Kier molecular flexibility index (Phi) is 5.50. The van der Waals surface area contributed by atoms with Crippen LogP contribution in [0.15, 0.2) is 24.5 Å². The molecule has 2 rings (SSSR count). The van der Waals surface area contributed by atoms with Crippen LogP contribution in [-0.2, 0) is 15.9 Å². The first kappa shape index (κ1) is 15.7. The third-order valence-electron chi connectivity index (χ3n) is 3.11. The lowest BCUT2D eigenvalue weighted by atomic mass is 9.99. The van der Waals surface area contributed by atoms with E-state index in [1.165, 1.54) is 0 Å². The van der Waals surface area contributed by atoms with Gasteiger partial charge in [-0.2, -0.15) is 0 Å². The minimum Gasteiger partial charge on any atom is -0.411 e. The third kappa shape index (κ3) is 3.91. The van der Waals surface area contributed by atoms with Gasteiger partial charge in [0.05, 0.1) is 6.61 Å². The highest BCUT2D eigenvalue weighted by Gasteiger charge is 2.44. The van der Waals surface area contributed by atoms with Gasteiger partial charge in [-0.1, -0.05) is 12.0 Å². The Balaban J connectivity index is 1.90. The van der Waals surface area contributed by atoms with Crippen molar-refractivity contribution in [2.75, 3.05) is 6.61 Å². The van der Waals surface area contributed by atoms with Crippen LogP contribution in [0.5, 0.6) is 0 Å². The number of aliphatic hydroxyl groups excluding tert-OH is 4. The van der Waals surface area contributed by atoms with Gasteiger partial charge in [-0.05, 0) is 11.6 Å². The molecule has 1 aromatic heterocycles. The van der Waals surface area contributed by atoms with E-state index in [4.69, 9.17) is 14.6 Å². The van der Waals surface area contributed by atoms with Gasteiger partial charge in [0.25, 0.3) is 0 Å². The summed E-state index contributed by atoms with van der Waals surface area (Å²) in [5.41, 5.74) is 0.905. The molecule has 1 saturated heterocycles. The number of aliphatic hydroxyl groups is 4. The zero-order valence-electron chi connectivity index (χ0n) is 11.2. The number of rotatable bonds is 3. The van der Waals surface area contributed by atoms with Gasteiger partial charge in [0.15, 0.2) is 0 Å². The maximum absolute atomic E-state index is 9.72. The first-order valence-corrected chi connectivity index (χ1v) is 6.46. The van der Waals surface area contributed by atoms with Crippen LogP contribution in [0.4, 0.5) is 0 Å². The summed E-state index contributed by atoms with van der Waals surface area (Å²) in [4.78, 5) is 3.94. The maximum Gasteiger partial charge on any atom is 0.239 e. The zero-order chi connectivity index (χ0) is 15.2. The highest BCUT2D eigenvalue weighted by atomic mass is 16.7. The normalized spacial score (nSPS) is 32.1. The Labute approximate surface area is 121 Å². The van der Waals surface area contributed by atoms with Crippen molar-refractivity contribution in [3.05, 3.63) is 30.1 Å². The van der Waals surface area contributed by atoms with Crippen molar-refractivity contribution < 1.29 is 29.9 Å². The fraction of sp³-hybridized carbons (Fsp3) is 0.500. The van der Waals surface area contributed by atoms with Crippen LogP contribution in [0.3, 0.4) is 0 Å². The highest BCUT2D eigenvalue weighted by Crippen LogP contribution is 2.21. The van der Waals surface area contributed by atoms with Gasteiger partial charge in [0, 0.05) is 18.8 Å². The summed E-state index contributed by atoms with van der Waals surface area (Å²) < 4.78 is 10.2. The SMILES string of the molecule is OC[C@H]1O[C@H](OC#CCc2cccnc2)[C@@H](O)[C@@H](O)[C@@H]1O. The molecule has 0 aromatic carbocycles. The standard InChI is InChI=1S/C14H17NO6/c16-8-10-11(17)12(18)13(19)14(21-10)20-6-2-4-9-3-1-5-15-7-9/h1,3,5,7,10-14,16-19H,4,8H2/t10-,11-,12+,13+,14+/m1/s1. The zero-order valence-corrected chi connectivity index (χ0v) is 11.2. The van der Waals surface area contributed by atoms with Crippen molar-refractivity contribution >= 4 is 0 Å². The molecule has 0 saturated carbocycles. The van der Waals surface area contributed by atoms with Crippen LogP contribution in [0.25, 0.3) is 0 Å². The van der Waals surface area contributed by atoms with Gasteiger partial charge in [-0.3, -0.25) is 4.98 Å². The number of hydrogen-bond donors (Lipinski definition) is 4. The van der Waals surface area contributed by atoms with Gasteiger partial charge >= 0.3 is 0 Å². The smallest absolute Gasteiger partial charge is 0.239 e. The molecule has 1 aromatic rings. The first-order valence-electron chi connectivity index (χ1n) is 6.46. The van der Waals surface area contributed by atoms with E-state index in [0.717, 1.165) is 5.56 Å². The van der Waals surface area contributed by atoms with Crippen LogP contribution < -0.4 is 0 Å². The van der Waals surface area contributed by atoms with Crippen molar-refractivity contribution in [3.8, 4) is 12.0 Å². The maximum atomic E-state index is 9.72. The van der Waals surface area contributed by atoms with E-state index in [9.17, 15) is 15.3 Å². The van der Waals surface area contributed by atoms with Crippen LogP contribution in [-0.4, -0.2) is 62.7 Å². The fourth-order valence-corrected chi connectivity index (χ4v) is 1.91. The van der Waals surface area contributed by atoms with Crippen molar-refractivity contribution in [2.24, 2.45) is 0 Å². The lowest BCUT2D eigenvalue weighted by molar-refractivity contribution is -0.284. The van der Waals surface area contributed by atoms with Crippen LogP contribution >= 0.6 is 0 Å². The molecule has 0 aliphatic carbocycles. The van der Waals surface area contributed by atoms with Crippen LogP contribution in [0.2, 0.25) is 0 Å². The molecule has 114 valence electrons. The minimum atomic E-state index is -1.47. The molecule has 7 heteroatoms. The van der Waals surface area contributed by atoms with Crippen molar-refractivity contribution in [1.29, 1.82) is 0 Å². The molecular formula is C14H17NO6. The molecule has 0 spiro atoms. The molecule has 1 fully saturated rings. The second-order valence-electron chi connectivity index (χ2n) is 4.63. The summed E-state index contributed by atoms with van der Waals surface area (Å²) in [5.74, 6) is 2.72. The number of nitrogens with zero attached hydrogens (tertiary/aromatic N) is 1. The van der Waals surface area contributed by atoms with Gasteiger partial charge in [-0.15, -0.1) is 0 Å². The van der Waals surface area contributed by atoms with E-state index in [2.05, 4.69) is 17.0 Å². The Bertz CT molecular complexity index is 497. The lowest BCUT2D eigenvalue weighted by Gasteiger charge is -2.38. The predicted octanol–water partition coefficient (Wildman–Crippen LogP) is -1.60. The molecule has 2 heterocycles. The molecule has 0 radical (unpaired) electrons. The molecule has 0 bridgehead atoms. The summed E-state index contributed by atoms with van der Waals surface area (Å²) in [7, 11) is 0. The van der Waals surface area contributed by atoms with Crippen molar-refractivity contribution in [2.45, 2.75) is 37.1 Å². The number of pyridine rings is 1. The first-order chi connectivity index (χ1) is 10.1. The average molecular weight is 295 g/mol.